The molecule has 1 saturated heterocycles. The first-order valence-corrected chi connectivity index (χ1v) is 7.40. The summed E-state index contributed by atoms with van der Waals surface area (Å²) in [6, 6.07) is 1.06. The summed E-state index contributed by atoms with van der Waals surface area (Å²) in [6.45, 7) is 7.76. The highest BCUT2D eigenvalue weighted by Gasteiger charge is 2.28. The maximum Gasteiger partial charge on any atom is 0.0636 e. The highest BCUT2D eigenvalue weighted by Crippen LogP contribution is 2.28. The normalized spacial score (nSPS) is 28.8. The lowest BCUT2D eigenvalue weighted by Gasteiger charge is -2.38. The van der Waals surface area contributed by atoms with Gasteiger partial charge in [-0.25, -0.2) is 0 Å². The molecule has 106 valence electrons. The van der Waals surface area contributed by atoms with Crippen LogP contribution in [0.4, 0.5) is 0 Å². The lowest BCUT2D eigenvalue weighted by Crippen LogP contribution is -2.54. The van der Waals surface area contributed by atoms with E-state index < -0.39 is 0 Å². The molecule has 2 rings (SSSR count). The van der Waals surface area contributed by atoms with Crippen LogP contribution >= 0.6 is 0 Å². The average molecular weight is 256 g/mol. The van der Waals surface area contributed by atoms with Crippen molar-refractivity contribution in [3.8, 4) is 0 Å². The van der Waals surface area contributed by atoms with Gasteiger partial charge in [0, 0.05) is 31.8 Å². The summed E-state index contributed by atoms with van der Waals surface area (Å²) in [7, 11) is 2.18. The van der Waals surface area contributed by atoms with Gasteiger partial charge in [0.2, 0.25) is 0 Å². The predicted molar refractivity (Wildman–Crippen MR) is 72.9 cm³/mol. The Hall–Kier alpha value is -0.160. The van der Waals surface area contributed by atoms with Crippen molar-refractivity contribution in [3.63, 3.8) is 0 Å². The van der Waals surface area contributed by atoms with Gasteiger partial charge in [0.15, 0.2) is 0 Å². The Kier molecular flexibility index (Phi) is 5.89. The molecule has 0 aromatic heterocycles. The highest BCUT2D eigenvalue weighted by molar-refractivity contribution is 4.85. The molecule has 0 amide bonds. The van der Waals surface area contributed by atoms with Gasteiger partial charge in [0.25, 0.3) is 0 Å². The molecule has 0 aromatic rings. The Morgan fingerprint density at radius 2 is 2.17 bits per heavy atom. The second-order valence-corrected chi connectivity index (χ2v) is 5.59. The molecule has 1 saturated carbocycles. The van der Waals surface area contributed by atoms with Crippen molar-refractivity contribution >= 4 is 0 Å². The molecule has 0 spiro atoms. The van der Waals surface area contributed by atoms with E-state index in [0.29, 0.717) is 12.1 Å². The van der Waals surface area contributed by atoms with Gasteiger partial charge >= 0.3 is 0 Å². The fourth-order valence-corrected chi connectivity index (χ4v) is 2.57. The van der Waals surface area contributed by atoms with Crippen LogP contribution < -0.4 is 5.32 Å². The van der Waals surface area contributed by atoms with Crippen molar-refractivity contribution < 1.29 is 9.47 Å². The second kappa shape index (κ2) is 7.43. The van der Waals surface area contributed by atoms with Crippen LogP contribution in [-0.4, -0.2) is 63.5 Å². The molecule has 0 bridgehead atoms. The molecule has 2 atom stereocenters. The van der Waals surface area contributed by atoms with Gasteiger partial charge in [-0.2, -0.15) is 0 Å². The number of likely N-dealkylation sites (N-methyl/N-ethyl adjacent to an activating group) is 2. The molecule has 4 heteroatoms. The van der Waals surface area contributed by atoms with E-state index in [1.165, 1.54) is 12.8 Å². The Labute approximate surface area is 111 Å². The molecule has 1 aliphatic heterocycles. The number of ether oxygens (including phenoxy) is 2. The van der Waals surface area contributed by atoms with E-state index in [9.17, 15) is 0 Å². The molecule has 1 N–H and O–H groups in total. The Morgan fingerprint density at radius 3 is 2.89 bits per heavy atom. The summed E-state index contributed by atoms with van der Waals surface area (Å²) in [5.41, 5.74) is 0. The van der Waals surface area contributed by atoms with E-state index in [-0.39, 0.29) is 0 Å². The van der Waals surface area contributed by atoms with Crippen LogP contribution in [0.25, 0.3) is 0 Å². The van der Waals surface area contributed by atoms with Crippen LogP contribution in [0.5, 0.6) is 0 Å². The van der Waals surface area contributed by atoms with Gasteiger partial charge in [-0.3, -0.25) is 4.90 Å². The third kappa shape index (κ3) is 4.50. The summed E-state index contributed by atoms with van der Waals surface area (Å²) in [6.07, 6.45) is 3.86. The van der Waals surface area contributed by atoms with Crippen LogP contribution in [0.2, 0.25) is 0 Å². The van der Waals surface area contributed by atoms with E-state index in [0.717, 1.165) is 51.9 Å². The standard InChI is InChI=1S/C14H28N2O2/c1-3-15-13-6-8-17-11-14(13)16(2)7-9-18-10-12-4-5-12/h12-15H,3-11H2,1-2H3. The number of hydrogen-bond donors (Lipinski definition) is 1. The minimum absolute atomic E-state index is 0.489. The van der Waals surface area contributed by atoms with E-state index in [4.69, 9.17) is 9.47 Å². The fraction of sp³-hybridized carbons (Fsp3) is 1.00. The molecule has 18 heavy (non-hydrogen) atoms. The van der Waals surface area contributed by atoms with E-state index in [2.05, 4.69) is 24.2 Å². The van der Waals surface area contributed by atoms with Crippen molar-refractivity contribution in [2.75, 3.05) is 46.6 Å². The third-order valence-electron chi connectivity index (χ3n) is 4.00. The van der Waals surface area contributed by atoms with Gasteiger partial charge in [-0.15, -0.1) is 0 Å². The first kappa shape index (κ1) is 14.3. The summed E-state index contributed by atoms with van der Waals surface area (Å²) in [5, 5.41) is 3.57. The first-order valence-electron chi connectivity index (χ1n) is 7.40. The first-order chi connectivity index (χ1) is 8.81. The third-order valence-corrected chi connectivity index (χ3v) is 4.00. The molecule has 2 aliphatic rings. The molecule has 0 aromatic carbocycles. The highest BCUT2D eigenvalue weighted by atomic mass is 16.5. The van der Waals surface area contributed by atoms with Crippen molar-refractivity contribution in [1.82, 2.24) is 10.2 Å². The zero-order valence-corrected chi connectivity index (χ0v) is 11.9. The molecule has 2 fully saturated rings. The molecule has 1 heterocycles. The van der Waals surface area contributed by atoms with Crippen LogP contribution in [0.3, 0.4) is 0 Å². The number of rotatable bonds is 8. The Bertz CT molecular complexity index is 232. The van der Waals surface area contributed by atoms with Crippen molar-refractivity contribution in [2.45, 2.75) is 38.3 Å². The molecular weight excluding hydrogens is 228 g/mol. The quantitative estimate of drug-likeness (QED) is 0.660. The summed E-state index contributed by atoms with van der Waals surface area (Å²) in [4.78, 5) is 2.39. The topological polar surface area (TPSA) is 33.7 Å². The van der Waals surface area contributed by atoms with Gasteiger partial charge in [-0.05, 0) is 38.8 Å². The largest absolute Gasteiger partial charge is 0.380 e. The number of hydrogen-bond acceptors (Lipinski definition) is 4. The minimum atomic E-state index is 0.489. The zero-order chi connectivity index (χ0) is 12.8. The van der Waals surface area contributed by atoms with E-state index in [1.807, 2.05) is 0 Å². The van der Waals surface area contributed by atoms with Crippen LogP contribution in [0.15, 0.2) is 0 Å². The maximum absolute atomic E-state index is 5.71. The molecule has 1 aliphatic carbocycles. The molecule has 0 radical (unpaired) electrons. The van der Waals surface area contributed by atoms with Crippen molar-refractivity contribution in [1.29, 1.82) is 0 Å². The molecule has 4 nitrogen and oxygen atoms in total. The van der Waals surface area contributed by atoms with E-state index in [1.54, 1.807) is 0 Å². The number of nitrogens with zero attached hydrogens (tertiary/aromatic N) is 1. The van der Waals surface area contributed by atoms with Gasteiger partial charge in [0.1, 0.15) is 0 Å². The van der Waals surface area contributed by atoms with Gasteiger partial charge in [0.05, 0.1) is 13.2 Å². The fourth-order valence-electron chi connectivity index (χ4n) is 2.57. The lowest BCUT2D eigenvalue weighted by atomic mass is 10.0. The van der Waals surface area contributed by atoms with Gasteiger partial charge in [-0.1, -0.05) is 6.92 Å². The lowest BCUT2D eigenvalue weighted by molar-refractivity contribution is -0.00386. The minimum Gasteiger partial charge on any atom is -0.380 e. The maximum atomic E-state index is 5.71. The zero-order valence-electron chi connectivity index (χ0n) is 11.9. The van der Waals surface area contributed by atoms with Crippen LogP contribution in [0, 0.1) is 5.92 Å². The molecular formula is C14H28N2O2. The molecule has 2 unspecified atom stereocenters. The summed E-state index contributed by atoms with van der Waals surface area (Å²) in [5.74, 6) is 0.864. The smallest absolute Gasteiger partial charge is 0.0636 e. The number of nitrogens with one attached hydrogen (secondary N) is 1. The SMILES string of the molecule is CCNC1CCOCC1N(C)CCOCC1CC1. The van der Waals surface area contributed by atoms with Crippen LogP contribution in [0.1, 0.15) is 26.2 Å². The monoisotopic (exact) mass is 256 g/mol. The van der Waals surface area contributed by atoms with Gasteiger partial charge < -0.3 is 14.8 Å². The average Bonchev–Trinajstić information content (AvgIpc) is 3.19. The Balaban J connectivity index is 1.65. The summed E-state index contributed by atoms with van der Waals surface area (Å²) < 4.78 is 11.3. The van der Waals surface area contributed by atoms with Crippen molar-refractivity contribution in [2.24, 2.45) is 5.92 Å². The van der Waals surface area contributed by atoms with E-state index >= 15 is 0 Å². The van der Waals surface area contributed by atoms with Crippen molar-refractivity contribution in [3.05, 3.63) is 0 Å². The second-order valence-electron chi connectivity index (χ2n) is 5.59. The summed E-state index contributed by atoms with van der Waals surface area (Å²) >= 11 is 0. The Morgan fingerprint density at radius 1 is 1.33 bits per heavy atom. The van der Waals surface area contributed by atoms with Crippen LogP contribution in [-0.2, 0) is 9.47 Å². The predicted octanol–water partition coefficient (Wildman–Crippen LogP) is 1.11.